The Kier molecular flexibility index (Phi) is 7.02. The second kappa shape index (κ2) is 9.23. The van der Waals surface area contributed by atoms with Gasteiger partial charge >= 0.3 is 5.69 Å². The lowest BCUT2D eigenvalue weighted by Gasteiger charge is -2.10. The molecule has 1 aromatic carbocycles. The molecular formula is C17H23N5O3S. The molecule has 2 rings (SSSR count). The Bertz CT molecular complexity index is 839. The predicted molar refractivity (Wildman–Crippen MR) is 103 cm³/mol. The van der Waals surface area contributed by atoms with Gasteiger partial charge in [0.25, 0.3) is 0 Å². The Morgan fingerprint density at radius 2 is 2.15 bits per heavy atom. The maximum absolute atomic E-state index is 11.3. The molecule has 140 valence electrons. The first kappa shape index (κ1) is 19.8. The molecule has 9 heteroatoms. The molecule has 0 aliphatic carbocycles. The highest BCUT2D eigenvalue weighted by Gasteiger charge is 2.17. The van der Waals surface area contributed by atoms with Crippen LogP contribution in [-0.4, -0.2) is 32.6 Å². The van der Waals surface area contributed by atoms with Gasteiger partial charge < -0.3 is 4.74 Å². The zero-order valence-corrected chi connectivity index (χ0v) is 16.0. The van der Waals surface area contributed by atoms with Crippen LogP contribution in [0.25, 0.3) is 0 Å². The summed E-state index contributed by atoms with van der Waals surface area (Å²) in [6.45, 7) is 6.53. The van der Waals surface area contributed by atoms with Crippen LogP contribution in [0.4, 0.5) is 5.69 Å². The summed E-state index contributed by atoms with van der Waals surface area (Å²) < 4.78 is 7.39. The second-order valence-corrected chi connectivity index (χ2v) is 6.18. The average Bonchev–Trinajstić information content (AvgIpc) is 3.00. The van der Waals surface area contributed by atoms with Gasteiger partial charge in [-0.1, -0.05) is 20.8 Å². The van der Waals surface area contributed by atoms with Gasteiger partial charge in [-0.3, -0.25) is 15.2 Å². The van der Waals surface area contributed by atoms with Crippen molar-refractivity contribution in [2.24, 2.45) is 5.10 Å². The first-order valence-corrected chi connectivity index (χ1v) is 9.05. The first-order valence-electron chi connectivity index (χ1n) is 8.64. The smallest absolute Gasteiger partial charge is 0.311 e. The number of hydrogen-bond acceptors (Lipinski definition) is 6. The fourth-order valence-electron chi connectivity index (χ4n) is 2.55. The van der Waals surface area contributed by atoms with Crippen LogP contribution in [0.3, 0.4) is 0 Å². The van der Waals surface area contributed by atoms with Gasteiger partial charge in [0.1, 0.15) is 0 Å². The first-order chi connectivity index (χ1) is 12.5. The van der Waals surface area contributed by atoms with Crippen molar-refractivity contribution in [3.63, 3.8) is 0 Å². The second-order valence-electron chi connectivity index (χ2n) is 5.79. The van der Waals surface area contributed by atoms with E-state index in [0.29, 0.717) is 16.9 Å². The maximum atomic E-state index is 11.3. The maximum Gasteiger partial charge on any atom is 0.311 e. The molecule has 0 spiro atoms. The third-order valence-corrected chi connectivity index (χ3v) is 4.25. The largest absolute Gasteiger partial charge is 0.487 e. The van der Waals surface area contributed by atoms with Crippen molar-refractivity contribution in [1.29, 1.82) is 0 Å². The number of H-pyrrole nitrogens is 1. The van der Waals surface area contributed by atoms with Gasteiger partial charge in [-0.2, -0.15) is 14.9 Å². The molecule has 1 heterocycles. The molecule has 1 N–H and O–H groups in total. The highest BCUT2D eigenvalue weighted by molar-refractivity contribution is 7.71. The van der Waals surface area contributed by atoms with E-state index >= 15 is 0 Å². The minimum atomic E-state index is -0.457. The summed E-state index contributed by atoms with van der Waals surface area (Å²) in [5, 5.41) is 22.7. The molecule has 0 aliphatic heterocycles. The van der Waals surface area contributed by atoms with Gasteiger partial charge in [0.2, 0.25) is 4.77 Å². The molecule has 0 saturated carbocycles. The van der Waals surface area contributed by atoms with Gasteiger partial charge in [-0.25, -0.2) is 0 Å². The average molecular weight is 377 g/mol. The van der Waals surface area contributed by atoms with Crippen LogP contribution in [0.2, 0.25) is 0 Å². The zero-order valence-electron chi connectivity index (χ0n) is 15.1. The summed E-state index contributed by atoms with van der Waals surface area (Å²) in [4.78, 5) is 10.8. The van der Waals surface area contributed by atoms with Crippen molar-refractivity contribution >= 4 is 24.1 Å². The standard InChI is InChI=1S/C17H23N5O3S/c1-4-9-25-15-8-7-12(10-14(15)22(23)24)11-18-21-16(13(5-2)6-3)19-20-17(21)26/h7-8,10-11,13H,4-6,9H2,1-3H3,(H,20,26)/b18-11-. The van der Waals surface area contributed by atoms with E-state index < -0.39 is 4.92 Å². The molecule has 0 fully saturated rings. The Balaban J connectivity index is 2.34. The number of hydrogen-bond donors (Lipinski definition) is 1. The minimum absolute atomic E-state index is 0.0848. The fourth-order valence-corrected chi connectivity index (χ4v) is 2.74. The number of nitrogens with zero attached hydrogens (tertiary/aromatic N) is 4. The zero-order chi connectivity index (χ0) is 19.1. The summed E-state index contributed by atoms with van der Waals surface area (Å²) in [7, 11) is 0. The number of nitrogens with one attached hydrogen (secondary N) is 1. The number of aromatic nitrogens is 3. The summed E-state index contributed by atoms with van der Waals surface area (Å²) in [6.07, 6.45) is 4.15. The molecule has 0 saturated heterocycles. The highest BCUT2D eigenvalue weighted by Crippen LogP contribution is 2.28. The molecule has 0 amide bonds. The van der Waals surface area contributed by atoms with Crippen LogP contribution in [0.5, 0.6) is 5.75 Å². The van der Waals surface area contributed by atoms with Crippen LogP contribution in [0, 0.1) is 14.9 Å². The third kappa shape index (κ3) is 4.54. The van der Waals surface area contributed by atoms with Gasteiger partial charge in [0, 0.05) is 17.5 Å². The lowest BCUT2D eigenvalue weighted by atomic mass is 10.0. The highest BCUT2D eigenvalue weighted by atomic mass is 32.1. The molecule has 0 atom stereocenters. The Hall–Kier alpha value is -2.55. The van der Waals surface area contributed by atoms with Crippen molar-refractivity contribution in [2.45, 2.75) is 46.0 Å². The molecule has 2 aromatic rings. The number of rotatable bonds is 9. The molecule has 0 bridgehead atoms. The summed E-state index contributed by atoms with van der Waals surface area (Å²) in [6, 6.07) is 4.75. The van der Waals surface area contributed by atoms with Crippen LogP contribution in [0.1, 0.15) is 57.3 Å². The molecule has 0 unspecified atom stereocenters. The van der Waals surface area contributed by atoms with E-state index in [9.17, 15) is 10.1 Å². The Labute approximate surface area is 157 Å². The van der Waals surface area contributed by atoms with Crippen molar-refractivity contribution in [3.8, 4) is 5.75 Å². The van der Waals surface area contributed by atoms with Crippen molar-refractivity contribution in [2.75, 3.05) is 6.61 Å². The molecular weight excluding hydrogens is 354 g/mol. The van der Waals surface area contributed by atoms with Crippen molar-refractivity contribution in [3.05, 3.63) is 44.5 Å². The number of nitro groups is 1. The van der Waals surface area contributed by atoms with Gasteiger partial charge in [-0.15, -0.1) is 0 Å². The van der Waals surface area contributed by atoms with Gasteiger partial charge in [0.15, 0.2) is 11.6 Å². The quantitative estimate of drug-likeness (QED) is 0.302. The van der Waals surface area contributed by atoms with Crippen LogP contribution >= 0.6 is 12.2 Å². The summed E-state index contributed by atoms with van der Waals surface area (Å²) in [5.74, 6) is 1.25. The van der Waals surface area contributed by atoms with Gasteiger partial charge in [0.05, 0.1) is 17.7 Å². The Morgan fingerprint density at radius 3 is 2.77 bits per heavy atom. The van der Waals surface area contributed by atoms with E-state index in [0.717, 1.165) is 25.1 Å². The topological polar surface area (TPSA) is 98.3 Å². The normalized spacial score (nSPS) is 11.4. The number of benzene rings is 1. The number of nitro benzene ring substituents is 1. The Morgan fingerprint density at radius 1 is 1.42 bits per heavy atom. The third-order valence-electron chi connectivity index (χ3n) is 3.99. The predicted octanol–water partition coefficient (Wildman–Crippen LogP) is 4.42. The molecule has 1 aromatic heterocycles. The van der Waals surface area contributed by atoms with E-state index in [2.05, 4.69) is 29.1 Å². The van der Waals surface area contributed by atoms with E-state index in [1.807, 2.05) is 6.92 Å². The lowest BCUT2D eigenvalue weighted by molar-refractivity contribution is -0.385. The van der Waals surface area contributed by atoms with Crippen LogP contribution in [-0.2, 0) is 0 Å². The molecule has 26 heavy (non-hydrogen) atoms. The van der Waals surface area contributed by atoms with Crippen molar-refractivity contribution in [1.82, 2.24) is 14.9 Å². The molecule has 8 nitrogen and oxygen atoms in total. The monoisotopic (exact) mass is 377 g/mol. The van der Waals surface area contributed by atoms with Gasteiger partial charge in [-0.05, 0) is 43.6 Å². The van der Waals surface area contributed by atoms with E-state index in [1.165, 1.54) is 12.3 Å². The molecule has 0 aliphatic rings. The molecule has 0 radical (unpaired) electrons. The number of ether oxygens (including phenoxy) is 1. The van der Waals surface area contributed by atoms with Crippen molar-refractivity contribution < 1.29 is 9.66 Å². The fraction of sp³-hybridized carbons (Fsp3) is 0.471. The number of aromatic amines is 1. The lowest BCUT2D eigenvalue weighted by Crippen LogP contribution is -2.05. The summed E-state index contributed by atoms with van der Waals surface area (Å²) in [5.41, 5.74) is 0.498. The van der Waals surface area contributed by atoms with Crippen LogP contribution < -0.4 is 4.74 Å². The summed E-state index contributed by atoms with van der Waals surface area (Å²) >= 11 is 5.24. The van der Waals surface area contributed by atoms with E-state index in [1.54, 1.807) is 16.8 Å². The van der Waals surface area contributed by atoms with Crippen LogP contribution in [0.15, 0.2) is 23.3 Å². The SMILES string of the molecule is CCCOc1ccc(/C=N\n2c(C(CC)CC)n[nH]c2=S)cc1[N+](=O)[O-]. The van der Waals surface area contributed by atoms with E-state index in [4.69, 9.17) is 17.0 Å². The van der Waals surface area contributed by atoms with E-state index in [-0.39, 0.29) is 17.4 Å². The minimum Gasteiger partial charge on any atom is -0.487 e.